The number of hydrogen-bond acceptors (Lipinski definition) is 4. The van der Waals surface area contributed by atoms with Gasteiger partial charge in [-0.1, -0.05) is 166 Å². The van der Waals surface area contributed by atoms with Gasteiger partial charge in [-0.15, -0.1) is 0 Å². The Kier molecular flexibility index (Phi) is 12.9. The first kappa shape index (κ1) is 41.7. The molecule has 6 heteroatoms. The fourth-order valence-corrected chi connectivity index (χ4v) is 9.03. The molecule has 62 heavy (non-hydrogen) atoms. The van der Waals surface area contributed by atoms with E-state index >= 15 is 9.59 Å². The molecule has 0 atom stereocenters. The molecule has 6 aromatic carbocycles. The normalized spacial score (nSPS) is 13.4. The van der Waals surface area contributed by atoms with Crippen molar-refractivity contribution in [2.24, 2.45) is 0 Å². The summed E-state index contributed by atoms with van der Waals surface area (Å²) in [5, 5.41) is 13.6. The van der Waals surface area contributed by atoms with Crippen molar-refractivity contribution in [1.82, 2.24) is 15.2 Å². The minimum Gasteiger partial charge on any atom is -0.380 e. The number of rotatable bonds is 17. The van der Waals surface area contributed by atoms with E-state index in [4.69, 9.17) is 0 Å². The fraction of sp³-hybridized carbons (Fsp3) is 0.196. The van der Waals surface area contributed by atoms with Gasteiger partial charge in [0.1, 0.15) is 11.4 Å². The maximum Gasteiger partial charge on any atom is 0.254 e. The number of Topliss-reactive ketones (excluding diaryl/α,β-unsaturated/α-hetero) is 2. The number of hydrogen-bond donors (Lipinski definition) is 2. The zero-order valence-electron chi connectivity index (χ0n) is 35.9. The third-order valence-corrected chi connectivity index (χ3v) is 12.2. The second-order valence-electron chi connectivity index (χ2n) is 16.1. The SMILES string of the molecule is C=CC(CCNC1=C(NCCc2cccc3ccccc23)C(=O)c2c([n+](CCC(=CCC)c3ccccc3C)cn2CCc2cccc3ccccc23)C1=O)=c1ccccc1=C. The Morgan fingerprint density at radius 2 is 1.31 bits per heavy atom. The van der Waals surface area contributed by atoms with Gasteiger partial charge in [-0.3, -0.25) is 9.59 Å². The maximum atomic E-state index is 15.2. The topological polar surface area (TPSA) is 67.0 Å². The van der Waals surface area contributed by atoms with E-state index in [0.29, 0.717) is 74.6 Å². The highest BCUT2D eigenvalue weighted by Crippen LogP contribution is 2.28. The second-order valence-corrected chi connectivity index (χ2v) is 16.1. The lowest BCUT2D eigenvalue weighted by Crippen LogP contribution is -2.45. The van der Waals surface area contributed by atoms with Gasteiger partial charge in [-0.25, -0.2) is 9.13 Å². The van der Waals surface area contributed by atoms with Gasteiger partial charge in [0.2, 0.25) is 17.7 Å². The molecule has 6 nitrogen and oxygen atoms in total. The van der Waals surface area contributed by atoms with Crippen LogP contribution < -0.4 is 25.6 Å². The molecule has 0 fully saturated rings. The molecule has 1 aliphatic carbocycles. The Labute approximate surface area is 365 Å². The molecule has 310 valence electrons. The van der Waals surface area contributed by atoms with E-state index in [1.807, 2.05) is 51.9 Å². The van der Waals surface area contributed by atoms with Crippen molar-refractivity contribution in [3.63, 3.8) is 0 Å². The summed E-state index contributed by atoms with van der Waals surface area (Å²) in [6, 6.07) is 45.9. The van der Waals surface area contributed by atoms with Crippen LogP contribution in [0.25, 0.3) is 39.3 Å². The van der Waals surface area contributed by atoms with Gasteiger partial charge in [-0.2, -0.15) is 0 Å². The Morgan fingerprint density at radius 3 is 2.00 bits per heavy atom. The summed E-state index contributed by atoms with van der Waals surface area (Å²) in [6.45, 7) is 14.6. The molecule has 0 unspecified atom stereocenters. The minimum absolute atomic E-state index is 0.184. The number of nitrogens with zero attached hydrogens (tertiary/aromatic N) is 2. The Balaban J connectivity index is 1.17. The summed E-state index contributed by atoms with van der Waals surface area (Å²) in [6.07, 6.45) is 9.69. The van der Waals surface area contributed by atoms with Crippen LogP contribution in [0.15, 0.2) is 170 Å². The molecule has 0 saturated carbocycles. The summed E-state index contributed by atoms with van der Waals surface area (Å²) < 4.78 is 4.04. The zero-order chi connectivity index (χ0) is 43.0. The molecule has 1 heterocycles. The van der Waals surface area contributed by atoms with Gasteiger partial charge in [-0.05, 0) is 91.6 Å². The van der Waals surface area contributed by atoms with E-state index in [2.05, 4.69) is 147 Å². The fourth-order valence-electron chi connectivity index (χ4n) is 9.03. The molecule has 0 bridgehead atoms. The van der Waals surface area contributed by atoms with Gasteiger partial charge >= 0.3 is 0 Å². The Bertz CT molecular complexity index is 2990. The summed E-state index contributed by atoms with van der Waals surface area (Å²) in [7, 11) is 0. The average Bonchev–Trinajstić information content (AvgIpc) is 3.67. The largest absolute Gasteiger partial charge is 0.380 e. The van der Waals surface area contributed by atoms with E-state index in [9.17, 15) is 0 Å². The number of nitrogens with one attached hydrogen (secondary N) is 2. The number of imidazole rings is 1. The zero-order valence-corrected chi connectivity index (χ0v) is 35.9. The molecule has 0 aliphatic heterocycles. The second kappa shape index (κ2) is 19.1. The van der Waals surface area contributed by atoms with Crippen molar-refractivity contribution in [2.45, 2.75) is 59.0 Å². The standard InChI is InChI=1S/C56H54N4O2/c1-5-17-42(48-27-12-8-19-40(48)4)32-36-59-38-60(37-33-46-25-16-23-44-21-10-14-29-50(44)46)54-53(59)55(61)51(57-34-30-41(6-2)47-26-11-7-18-39(47)3)52(56(54)62)58-35-31-45-24-15-22-43-20-9-13-28-49(43)45/h6-29,38H,2-3,5,30-37H2,1,4H3,(H-,57,58,61,62)/p+1. The van der Waals surface area contributed by atoms with Crippen molar-refractivity contribution in [3.8, 4) is 0 Å². The summed E-state index contributed by atoms with van der Waals surface area (Å²) >= 11 is 0. The number of allylic oxidation sites excluding steroid dienone is 5. The molecule has 0 amide bonds. The van der Waals surface area contributed by atoms with Crippen LogP contribution in [0.1, 0.15) is 69.4 Å². The molecule has 0 spiro atoms. The summed E-state index contributed by atoms with van der Waals surface area (Å²) in [5.74, 6) is -0.373. The van der Waals surface area contributed by atoms with E-state index in [1.54, 1.807) is 0 Å². The van der Waals surface area contributed by atoms with Crippen LogP contribution in [0.2, 0.25) is 0 Å². The highest BCUT2D eigenvalue weighted by molar-refractivity contribution is 6.24. The number of aryl methyl sites for hydroxylation is 4. The average molecular weight is 816 g/mol. The number of carbonyl (C=O) groups is 2. The molecule has 1 aliphatic rings. The summed E-state index contributed by atoms with van der Waals surface area (Å²) in [5.41, 5.74) is 8.50. The predicted octanol–water partition coefficient (Wildman–Crippen LogP) is 9.37. The highest BCUT2D eigenvalue weighted by Gasteiger charge is 2.43. The number of ketones is 2. The third-order valence-electron chi connectivity index (χ3n) is 12.2. The van der Waals surface area contributed by atoms with Gasteiger partial charge in [0.25, 0.3) is 11.6 Å². The number of fused-ring (bicyclic) bond motifs is 3. The number of aromatic nitrogens is 2. The third kappa shape index (κ3) is 8.73. The van der Waals surface area contributed by atoms with Crippen LogP contribution in [0.5, 0.6) is 0 Å². The van der Waals surface area contributed by atoms with Crippen LogP contribution in [0.4, 0.5) is 0 Å². The smallest absolute Gasteiger partial charge is 0.254 e. The van der Waals surface area contributed by atoms with E-state index in [0.717, 1.165) is 22.4 Å². The summed E-state index contributed by atoms with van der Waals surface area (Å²) in [4.78, 5) is 30.5. The predicted molar refractivity (Wildman–Crippen MR) is 255 cm³/mol. The minimum atomic E-state index is -0.189. The first-order chi connectivity index (χ1) is 30.4. The molecular formula is C56H55N4O2+. The first-order valence-electron chi connectivity index (χ1n) is 21.9. The van der Waals surface area contributed by atoms with E-state index < -0.39 is 0 Å². The van der Waals surface area contributed by atoms with Crippen LogP contribution in [0.3, 0.4) is 0 Å². The van der Waals surface area contributed by atoms with Crippen molar-refractivity contribution >= 4 is 50.8 Å². The van der Waals surface area contributed by atoms with E-state index in [-0.39, 0.29) is 11.6 Å². The molecule has 1 aromatic heterocycles. The molecular weight excluding hydrogens is 761 g/mol. The highest BCUT2D eigenvalue weighted by atomic mass is 16.1. The maximum absolute atomic E-state index is 15.2. The van der Waals surface area contributed by atoms with Crippen LogP contribution in [-0.2, 0) is 25.9 Å². The van der Waals surface area contributed by atoms with Crippen molar-refractivity contribution in [3.05, 3.63) is 214 Å². The lowest BCUT2D eigenvalue weighted by molar-refractivity contribution is -0.697. The monoisotopic (exact) mass is 815 g/mol. The Hall–Kier alpha value is -7.05. The lowest BCUT2D eigenvalue weighted by Gasteiger charge is -2.21. The molecule has 0 radical (unpaired) electrons. The van der Waals surface area contributed by atoms with Crippen molar-refractivity contribution < 1.29 is 14.2 Å². The molecule has 2 N–H and O–H groups in total. The van der Waals surface area contributed by atoms with Gasteiger partial charge in [0, 0.05) is 25.9 Å². The molecule has 8 rings (SSSR count). The number of benzene rings is 6. The van der Waals surface area contributed by atoms with Crippen molar-refractivity contribution in [1.29, 1.82) is 0 Å². The van der Waals surface area contributed by atoms with Crippen LogP contribution in [0, 0.1) is 6.92 Å². The van der Waals surface area contributed by atoms with Crippen LogP contribution >= 0.6 is 0 Å². The van der Waals surface area contributed by atoms with Gasteiger partial charge in [0.15, 0.2) is 0 Å². The van der Waals surface area contributed by atoms with Gasteiger partial charge < -0.3 is 10.6 Å². The Morgan fingerprint density at radius 1 is 0.694 bits per heavy atom. The number of carbonyl (C=O) groups excluding carboxylic acids is 2. The van der Waals surface area contributed by atoms with Gasteiger partial charge in [0.05, 0.1) is 13.1 Å². The van der Waals surface area contributed by atoms with Crippen LogP contribution in [-0.4, -0.2) is 29.2 Å². The lowest BCUT2D eigenvalue weighted by atomic mass is 9.96. The molecule has 7 aromatic rings. The first-order valence-corrected chi connectivity index (χ1v) is 21.9. The van der Waals surface area contributed by atoms with E-state index in [1.165, 1.54) is 49.4 Å². The quantitative estimate of drug-likeness (QED) is 0.0900. The molecule has 0 saturated heterocycles. The van der Waals surface area contributed by atoms with Crippen molar-refractivity contribution in [2.75, 3.05) is 13.1 Å².